The summed E-state index contributed by atoms with van der Waals surface area (Å²) in [6, 6.07) is 19.9. The quantitative estimate of drug-likeness (QED) is 0.219. The number of thiocarbonyl (C=S) groups is 1. The van der Waals surface area contributed by atoms with Gasteiger partial charge in [-0.25, -0.2) is 0 Å². The molecule has 2 aromatic carbocycles. The SMILES string of the molecule is COc1ccc(Cl)cc1-n1c(C)cc([C@@H]2[C@H](c3ccccn3)NC(=S)N2c2ccc(N3CCC(C)CC3)c(Cl)c2)c1C. The molecule has 6 rings (SSSR count). The van der Waals surface area contributed by atoms with Gasteiger partial charge in [0, 0.05) is 41.4 Å². The van der Waals surface area contributed by atoms with Gasteiger partial charge in [-0.2, -0.15) is 0 Å². The zero-order valence-electron chi connectivity index (χ0n) is 24.3. The molecule has 1 N–H and O–H groups in total. The van der Waals surface area contributed by atoms with E-state index in [0.29, 0.717) is 10.1 Å². The summed E-state index contributed by atoms with van der Waals surface area (Å²) in [6.07, 6.45) is 4.18. The molecule has 0 unspecified atom stereocenters. The van der Waals surface area contributed by atoms with Gasteiger partial charge in [0.15, 0.2) is 5.11 Å². The molecule has 9 heteroatoms. The van der Waals surface area contributed by atoms with Gasteiger partial charge in [-0.05, 0) is 105 Å². The molecule has 0 aliphatic carbocycles. The Hall–Kier alpha value is -3.26. The summed E-state index contributed by atoms with van der Waals surface area (Å²) in [5.41, 5.74) is 7.10. The van der Waals surface area contributed by atoms with Crippen molar-refractivity contribution in [2.45, 2.75) is 45.7 Å². The van der Waals surface area contributed by atoms with E-state index in [2.05, 4.69) is 64.7 Å². The maximum Gasteiger partial charge on any atom is 0.174 e. The summed E-state index contributed by atoms with van der Waals surface area (Å²) in [5.74, 6) is 1.50. The minimum absolute atomic E-state index is 0.170. The Balaban J connectivity index is 1.46. The highest BCUT2D eigenvalue weighted by Crippen LogP contribution is 2.45. The van der Waals surface area contributed by atoms with Crippen LogP contribution in [-0.4, -0.2) is 34.9 Å². The van der Waals surface area contributed by atoms with Gasteiger partial charge in [0.05, 0.1) is 41.3 Å². The van der Waals surface area contributed by atoms with Crippen LogP contribution in [0.4, 0.5) is 11.4 Å². The summed E-state index contributed by atoms with van der Waals surface area (Å²) < 4.78 is 7.92. The first-order chi connectivity index (χ1) is 20.3. The number of piperidine rings is 1. The van der Waals surface area contributed by atoms with Gasteiger partial charge in [0.25, 0.3) is 0 Å². The average molecular weight is 621 g/mol. The molecule has 2 aliphatic rings. The molecule has 2 fully saturated rings. The molecule has 0 bridgehead atoms. The van der Waals surface area contributed by atoms with Crippen LogP contribution in [0, 0.1) is 19.8 Å². The van der Waals surface area contributed by atoms with Crippen LogP contribution in [0.2, 0.25) is 10.0 Å². The summed E-state index contributed by atoms with van der Waals surface area (Å²) >= 11 is 19.4. The van der Waals surface area contributed by atoms with E-state index in [1.807, 2.05) is 42.6 Å². The molecule has 2 aliphatic heterocycles. The van der Waals surface area contributed by atoms with Crippen LogP contribution in [0.5, 0.6) is 5.75 Å². The summed E-state index contributed by atoms with van der Waals surface area (Å²) in [6.45, 7) is 8.59. The topological polar surface area (TPSA) is 45.6 Å². The third kappa shape index (κ3) is 5.23. The Labute approximate surface area is 263 Å². The zero-order chi connectivity index (χ0) is 29.5. The molecule has 2 atom stereocenters. The number of methoxy groups -OCH3 is 1. The number of hydrogen-bond donors (Lipinski definition) is 1. The van der Waals surface area contributed by atoms with E-state index in [1.54, 1.807) is 7.11 Å². The lowest BCUT2D eigenvalue weighted by molar-refractivity contribution is 0.412. The second-order valence-corrected chi connectivity index (χ2v) is 12.5. The van der Waals surface area contributed by atoms with E-state index in [4.69, 9.17) is 45.1 Å². The first kappa shape index (κ1) is 28.8. The highest BCUT2D eigenvalue weighted by atomic mass is 35.5. The molecule has 6 nitrogen and oxygen atoms in total. The number of anilines is 2. The second kappa shape index (κ2) is 11.8. The van der Waals surface area contributed by atoms with E-state index in [9.17, 15) is 0 Å². The van der Waals surface area contributed by atoms with Gasteiger partial charge in [0.1, 0.15) is 5.75 Å². The number of aryl methyl sites for hydroxylation is 1. The predicted molar refractivity (Wildman–Crippen MR) is 177 cm³/mol. The maximum atomic E-state index is 6.99. The first-order valence-electron chi connectivity index (χ1n) is 14.3. The standard InChI is InChI=1S/C33H35Cl2N5OS/c1-20-12-15-38(16-13-20)28-10-9-24(19-26(28)35)40-32(31(37-33(40)42)27-7-5-6-14-36-27)25-17-21(2)39(22(25)3)29-18-23(34)8-11-30(29)41-4/h5-11,14,17-20,31-32H,12-13,15-16H2,1-4H3,(H,37,42)/t31-,32+/m0/s1. The third-order valence-electron chi connectivity index (χ3n) is 8.60. The van der Waals surface area contributed by atoms with Crippen molar-refractivity contribution in [3.63, 3.8) is 0 Å². The zero-order valence-corrected chi connectivity index (χ0v) is 26.6. The van der Waals surface area contributed by atoms with Crippen molar-refractivity contribution < 1.29 is 4.74 Å². The van der Waals surface area contributed by atoms with Gasteiger partial charge >= 0.3 is 0 Å². The summed E-state index contributed by atoms with van der Waals surface area (Å²) in [5, 5.41) is 5.60. The average Bonchev–Trinajstić information content (AvgIpc) is 3.48. The lowest BCUT2D eigenvalue weighted by Gasteiger charge is -2.33. The lowest BCUT2D eigenvalue weighted by atomic mass is 9.96. The summed E-state index contributed by atoms with van der Waals surface area (Å²) in [4.78, 5) is 9.31. The van der Waals surface area contributed by atoms with Crippen LogP contribution in [-0.2, 0) is 0 Å². The molecule has 0 radical (unpaired) electrons. The van der Waals surface area contributed by atoms with E-state index < -0.39 is 0 Å². The molecule has 2 aromatic heterocycles. The Bertz CT molecular complexity index is 1620. The predicted octanol–water partition coefficient (Wildman–Crippen LogP) is 8.22. The second-order valence-electron chi connectivity index (χ2n) is 11.3. The van der Waals surface area contributed by atoms with Gasteiger partial charge < -0.3 is 24.4 Å². The largest absolute Gasteiger partial charge is 0.495 e. The van der Waals surface area contributed by atoms with Crippen LogP contribution in [0.3, 0.4) is 0 Å². The first-order valence-corrected chi connectivity index (χ1v) is 15.5. The number of pyridine rings is 1. The van der Waals surface area contributed by atoms with Crippen molar-refractivity contribution in [2.75, 3.05) is 30.0 Å². The fourth-order valence-corrected chi connectivity index (χ4v) is 7.20. The summed E-state index contributed by atoms with van der Waals surface area (Å²) in [7, 11) is 1.68. The number of nitrogens with one attached hydrogen (secondary N) is 1. The van der Waals surface area contributed by atoms with Crippen LogP contribution in [0.25, 0.3) is 5.69 Å². The molecule has 0 spiro atoms. The molecule has 2 saturated heterocycles. The van der Waals surface area contributed by atoms with Crippen molar-refractivity contribution >= 4 is 51.9 Å². The van der Waals surface area contributed by atoms with Gasteiger partial charge in [0.2, 0.25) is 0 Å². The van der Waals surface area contributed by atoms with Crippen LogP contribution in [0.15, 0.2) is 66.9 Å². The Morgan fingerprint density at radius 1 is 0.976 bits per heavy atom. The molecule has 218 valence electrons. The fraction of sp³-hybridized carbons (Fsp3) is 0.333. The fourth-order valence-electron chi connectivity index (χ4n) is 6.40. The van der Waals surface area contributed by atoms with Crippen LogP contribution >= 0.6 is 35.4 Å². The van der Waals surface area contributed by atoms with Crippen molar-refractivity contribution in [3.8, 4) is 11.4 Å². The molecule has 4 aromatic rings. The van der Waals surface area contributed by atoms with E-state index in [1.165, 1.54) is 12.8 Å². The van der Waals surface area contributed by atoms with E-state index in [-0.39, 0.29) is 12.1 Å². The number of ether oxygens (including phenoxy) is 1. The maximum absolute atomic E-state index is 6.99. The Morgan fingerprint density at radius 2 is 1.76 bits per heavy atom. The number of hydrogen-bond acceptors (Lipinski definition) is 4. The number of rotatable bonds is 6. The third-order valence-corrected chi connectivity index (χ3v) is 9.45. The minimum Gasteiger partial charge on any atom is -0.495 e. The minimum atomic E-state index is -0.171. The van der Waals surface area contributed by atoms with Crippen molar-refractivity contribution in [1.29, 1.82) is 0 Å². The van der Waals surface area contributed by atoms with E-state index >= 15 is 0 Å². The van der Waals surface area contributed by atoms with Gasteiger partial charge in [-0.15, -0.1) is 0 Å². The molecule has 0 saturated carbocycles. The number of halogens is 2. The number of benzene rings is 2. The normalized spacial score (nSPS) is 19.3. The monoisotopic (exact) mass is 619 g/mol. The van der Waals surface area contributed by atoms with Gasteiger partial charge in [-0.3, -0.25) is 4.98 Å². The van der Waals surface area contributed by atoms with Crippen LogP contribution < -0.4 is 19.9 Å². The Kier molecular flexibility index (Phi) is 8.09. The molecular formula is C33H35Cl2N5OS. The van der Waals surface area contributed by atoms with Gasteiger partial charge in [-0.1, -0.05) is 36.2 Å². The van der Waals surface area contributed by atoms with Crippen molar-refractivity contribution in [1.82, 2.24) is 14.9 Å². The number of nitrogens with zero attached hydrogens (tertiary/aromatic N) is 4. The highest BCUT2D eigenvalue weighted by molar-refractivity contribution is 7.80. The highest BCUT2D eigenvalue weighted by Gasteiger charge is 2.42. The van der Waals surface area contributed by atoms with Crippen molar-refractivity contribution in [2.24, 2.45) is 5.92 Å². The Morgan fingerprint density at radius 3 is 2.45 bits per heavy atom. The lowest BCUT2D eigenvalue weighted by Crippen LogP contribution is -2.33. The number of aromatic nitrogens is 2. The smallest absolute Gasteiger partial charge is 0.174 e. The molecular weight excluding hydrogens is 585 g/mol. The van der Waals surface area contributed by atoms with Crippen LogP contribution in [0.1, 0.15) is 54.5 Å². The molecule has 0 amide bonds. The van der Waals surface area contributed by atoms with E-state index in [0.717, 1.165) is 69.5 Å². The molecule has 4 heterocycles. The van der Waals surface area contributed by atoms with Crippen molar-refractivity contribution in [3.05, 3.63) is 99.6 Å². The molecule has 42 heavy (non-hydrogen) atoms.